The van der Waals surface area contributed by atoms with E-state index in [0.29, 0.717) is 24.8 Å². The Morgan fingerprint density at radius 1 is 1.29 bits per heavy atom. The van der Waals surface area contributed by atoms with E-state index in [-0.39, 0.29) is 12.3 Å². The van der Waals surface area contributed by atoms with E-state index in [0.717, 1.165) is 24.5 Å². The Hall–Kier alpha value is -2.67. The third-order valence-electron chi connectivity index (χ3n) is 3.80. The predicted molar refractivity (Wildman–Crippen MR) is 90.4 cm³/mol. The van der Waals surface area contributed by atoms with E-state index in [1.807, 2.05) is 24.3 Å². The molecule has 0 aliphatic carbocycles. The molecule has 1 aliphatic rings. The van der Waals surface area contributed by atoms with Crippen LogP contribution in [0, 0.1) is 0 Å². The number of benzene rings is 1. The summed E-state index contributed by atoms with van der Waals surface area (Å²) < 4.78 is 10.6. The number of hydrogen-bond acceptors (Lipinski definition) is 6. The molecular weight excluding hydrogens is 308 g/mol. The molecule has 1 amide bonds. The van der Waals surface area contributed by atoms with Gasteiger partial charge >= 0.3 is 0 Å². The van der Waals surface area contributed by atoms with Crippen LogP contribution in [0.2, 0.25) is 0 Å². The lowest BCUT2D eigenvalue weighted by molar-refractivity contribution is -0.115. The first-order chi connectivity index (χ1) is 11.8. The minimum Gasteiger partial charge on any atom is -0.496 e. The minimum atomic E-state index is -0.147. The van der Waals surface area contributed by atoms with Gasteiger partial charge in [0.05, 0.1) is 26.7 Å². The highest BCUT2D eigenvalue weighted by atomic mass is 16.5. The van der Waals surface area contributed by atoms with Crippen LogP contribution in [0.3, 0.4) is 0 Å². The van der Waals surface area contributed by atoms with Gasteiger partial charge in [-0.25, -0.2) is 9.97 Å². The smallest absolute Gasteiger partial charge is 0.230 e. The van der Waals surface area contributed by atoms with Gasteiger partial charge in [0.1, 0.15) is 23.7 Å². The number of methoxy groups -OCH3 is 1. The van der Waals surface area contributed by atoms with Gasteiger partial charge in [0, 0.05) is 24.7 Å². The molecule has 0 bridgehead atoms. The Morgan fingerprint density at radius 3 is 2.88 bits per heavy atom. The molecule has 1 aliphatic heterocycles. The van der Waals surface area contributed by atoms with Crippen LogP contribution in [0.15, 0.2) is 36.7 Å². The fraction of sp³-hybridized carbons (Fsp3) is 0.353. The Kier molecular flexibility index (Phi) is 5.22. The van der Waals surface area contributed by atoms with E-state index in [9.17, 15) is 4.79 Å². The average Bonchev–Trinajstić information content (AvgIpc) is 2.63. The maximum Gasteiger partial charge on any atom is 0.230 e. The number of nitrogens with zero attached hydrogens (tertiary/aromatic N) is 3. The van der Waals surface area contributed by atoms with E-state index >= 15 is 0 Å². The number of para-hydroxylation sites is 1. The van der Waals surface area contributed by atoms with Crippen molar-refractivity contribution in [2.45, 2.75) is 6.42 Å². The monoisotopic (exact) mass is 328 g/mol. The molecule has 7 heteroatoms. The van der Waals surface area contributed by atoms with Crippen LogP contribution < -0.4 is 15.0 Å². The second kappa shape index (κ2) is 7.74. The summed E-state index contributed by atoms with van der Waals surface area (Å²) in [5.74, 6) is 1.84. The minimum absolute atomic E-state index is 0.147. The molecule has 0 spiro atoms. The van der Waals surface area contributed by atoms with Crippen LogP contribution in [0.4, 0.5) is 11.6 Å². The van der Waals surface area contributed by atoms with Crippen molar-refractivity contribution in [3.8, 4) is 5.75 Å². The maximum absolute atomic E-state index is 12.3. The lowest BCUT2D eigenvalue weighted by Crippen LogP contribution is -2.36. The Morgan fingerprint density at radius 2 is 2.08 bits per heavy atom. The number of hydrogen-bond donors (Lipinski definition) is 1. The molecule has 3 rings (SSSR count). The number of nitrogens with one attached hydrogen (secondary N) is 1. The summed E-state index contributed by atoms with van der Waals surface area (Å²) in [5, 5.41) is 2.82. The van der Waals surface area contributed by atoms with Gasteiger partial charge in [-0.3, -0.25) is 4.79 Å². The molecule has 1 fully saturated rings. The molecule has 7 nitrogen and oxygen atoms in total. The number of carbonyl (C=O) groups is 1. The molecule has 0 atom stereocenters. The summed E-state index contributed by atoms with van der Waals surface area (Å²) in [7, 11) is 1.59. The van der Waals surface area contributed by atoms with Crippen molar-refractivity contribution in [3.63, 3.8) is 0 Å². The van der Waals surface area contributed by atoms with Crippen LogP contribution >= 0.6 is 0 Å². The Bertz CT molecular complexity index is 702. The highest BCUT2D eigenvalue weighted by Gasteiger charge is 2.14. The number of ether oxygens (including phenoxy) is 2. The molecule has 2 heterocycles. The van der Waals surface area contributed by atoms with Gasteiger partial charge in [-0.2, -0.15) is 0 Å². The summed E-state index contributed by atoms with van der Waals surface area (Å²) in [5.41, 5.74) is 0.833. The molecule has 126 valence electrons. The molecule has 2 aromatic rings. The lowest BCUT2D eigenvalue weighted by Gasteiger charge is -2.27. The van der Waals surface area contributed by atoms with Crippen LogP contribution in [0.5, 0.6) is 5.75 Å². The summed E-state index contributed by atoms with van der Waals surface area (Å²) in [6.07, 6.45) is 1.68. The fourth-order valence-electron chi connectivity index (χ4n) is 2.59. The SMILES string of the molecule is COc1ccccc1CC(=O)Nc1cc(N2CCOCC2)ncn1. The number of anilines is 2. The first-order valence-electron chi connectivity index (χ1n) is 7.83. The largest absolute Gasteiger partial charge is 0.496 e. The molecule has 1 N–H and O–H groups in total. The quantitative estimate of drug-likeness (QED) is 0.896. The number of rotatable bonds is 5. The zero-order valence-electron chi connectivity index (χ0n) is 13.6. The molecule has 24 heavy (non-hydrogen) atoms. The lowest BCUT2D eigenvalue weighted by atomic mass is 10.1. The first kappa shape index (κ1) is 16.2. The average molecular weight is 328 g/mol. The summed E-state index contributed by atoms with van der Waals surface area (Å²) >= 11 is 0. The zero-order valence-corrected chi connectivity index (χ0v) is 13.6. The second-order valence-corrected chi connectivity index (χ2v) is 5.40. The molecule has 0 unspecified atom stereocenters. The summed E-state index contributed by atoms with van der Waals surface area (Å²) in [6.45, 7) is 2.93. The topological polar surface area (TPSA) is 76.6 Å². The van der Waals surface area contributed by atoms with Gasteiger partial charge in [0.15, 0.2) is 0 Å². The van der Waals surface area contributed by atoms with E-state index < -0.39 is 0 Å². The summed E-state index contributed by atoms with van der Waals surface area (Å²) in [4.78, 5) is 22.8. The third-order valence-corrected chi connectivity index (χ3v) is 3.80. The van der Waals surface area contributed by atoms with Crippen LogP contribution in [0.25, 0.3) is 0 Å². The second-order valence-electron chi connectivity index (χ2n) is 5.40. The van der Waals surface area contributed by atoms with E-state index in [2.05, 4.69) is 20.2 Å². The highest BCUT2D eigenvalue weighted by molar-refractivity contribution is 5.92. The summed E-state index contributed by atoms with van der Waals surface area (Å²) in [6, 6.07) is 9.25. The van der Waals surface area contributed by atoms with Crippen LogP contribution in [0.1, 0.15) is 5.56 Å². The number of amides is 1. The van der Waals surface area contributed by atoms with Gasteiger partial charge in [0.25, 0.3) is 0 Å². The van der Waals surface area contributed by atoms with Crippen molar-refractivity contribution in [1.82, 2.24) is 9.97 Å². The van der Waals surface area contributed by atoms with Crippen molar-refractivity contribution < 1.29 is 14.3 Å². The molecular formula is C17H20N4O3. The van der Waals surface area contributed by atoms with E-state index in [1.54, 1.807) is 13.2 Å². The first-order valence-corrected chi connectivity index (χ1v) is 7.83. The van der Waals surface area contributed by atoms with Crippen molar-refractivity contribution in [3.05, 3.63) is 42.2 Å². The van der Waals surface area contributed by atoms with Gasteiger partial charge < -0.3 is 19.7 Å². The molecule has 0 radical (unpaired) electrons. The van der Waals surface area contributed by atoms with Crippen molar-refractivity contribution in [2.24, 2.45) is 0 Å². The molecule has 0 saturated carbocycles. The number of aromatic nitrogens is 2. The molecule has 1 aromatic heterocycles. The van der Waals surface area contributed by atoms with Gasteiger partial charge in [-0.15, -0.1) is 0 Å². The Labute approximate surface area is 140 Å². The van der Waals surface area contributed by atoms with Crippen molar-refractivity contribution >= 4 is 17.5 Å². The Balaban J connectivity index is 1.66. The van der Waals surface area contributed by atoms with Gasteiger partial charge in [-0.05, 0) is 6.07 Å². The van der Waals surface area contributed by atoms with Gasteiger partial charge in [-0.1, -0.05) is 18.2 Å². The molecule has 1 saturated heterocycles. The van der Waals surface area contributed by atoms with Crippen molar-refractivity contribution in [1.29, 1.82) is 0 Å². The van der Waals surface area contributed by atoms with Gasteiger partial charge in [0.2, 0.25) is 5.91 Å². The normalized spacial score (nSPS) is 14.3. The maximum atomic E-state index is 12.3. The number of carbonyl (C=O) groups excluding carboxylic acids is 1. The van der Waals surface area contributed by atoms with Crippen LogP contribution in [-0.4, -0.2) is 49.3 Å². The highest BCUT2D eigenvalue weighted by Crippen LogP contribution is 2.19. The predicted octanol–water partition coefficient (Wildman–Crippen LogP) is 1.50. The van der Waals surface area contributed by atoms with Crippen LogP contribution in [-0.2, 0) is 16.0 Å². The fourth-order valence-corrected chi connectivity index (χ4v) is 2.59. The van der Waals surface area contributed by atoms with E-state index in [4.69, 9.17) is 9.47 Å². The van der Waals surface area contributed by atoms with E-state index in [1.165, 1.54) is 6.33 Å². The zero-order chi connectivity index (χ0) is 16.8. The van der Waals surface area contributed by atoms with Crippen molar-refractivity contribution in [2.75, 3.05) is 43.6 Å². The third kappa shape index (κ3) is 3.99. The number of morpholine rings is 1. The standard InChI is InChI=1S/C17H20N4O3/c1-23-14-5-3-2-4-13(14)10-17(22)20-15-11-16(19-12-18-15)21-6-8-24-9-7-21/h2-5,11-12H,6-10H2,1H3,(H,18,19,20,22). The molecule has 1 aromatic carbocycles.